The van der Waals surface area contributed by atoms with Gasteiger partial charge in [0.2, 0.25) is 5.89 Å². The van der Waals surface area contributed by atoms with E-state index < -0.39 is 0 Å². The first-order valence-electron chi connectivity index (χ1n) is 6.00. The lowest BCUT2D eigenvalue weighted by Crippen LogP contribution is -2.12. The molecule has 102 valence electrons. The third-order valence-corrected chi connectivity index (χ3v) is 2.36. The predicted molar refractivity (Wildman–Crippen MR) is 72.0 cm³/mol. The van der Waals surface area contributed by atoms with Gasteiger partial charge in [0.25, 0.3) is 5.91 Å². The normalized spacial score (nSPS) is 9.70. The van der Waals surface area contributed by atoms with Crippen LogP contribution in [0, 0.1) is 18.8 Å². The van der Waals surface area contributed by atoms with Crippen molar-refractivity contribution < 1.29 is 14.3 Å². The van der Waals surface area contributed by atoms with E-state index in [4.69, 9.17) is 9.52 Å². The molecule has 20 heavy (non-hydrogen) atoms. The number of carbonyl (C=O) groups excluding carboxylic acids is 1. The molecular weight excluding hydrogens is 258 g/mol. The second kappa shape index (κ2) is 6.50. The molecule has 0 bridgehead atoms. The average molecular weight is 271 g/mol. The zero-order chi connectivity index (χ0) is 14.4. The number of aromatic nitrogens is 2. The molecule has 0 aliphatic carbocycles. The van der Waals surface area contributed by atoms with Crippen LogP contribution in [0.2, 0.25) is 0 Å². The molecule has 1 aromatic heterocycles. The van der Waals surface area contributed by atoms with Crippen LogP contribution in [-0.4, -0.2) is 27.8 Å². The van der Waals surface area contributed by atoms with Crippen LogP contribution in [0.15, 0.2) is 28.7 Å². The van der Waals surface area contributed by atoms with Gasteiger partial charge in [-0.2, -0.15) is 0 Å². The molecule has 0 spiro atoms. The van der Waals surface area contributed by atoms with Gasteiger partial charge in [0.1, 0.15) is 0 Å². The second-order valence-corrected chi connectivity index (χ2v) is 3.93. The average Bonchev–Trinajstić information content (AvgIpc) is 2.85. The van der Waals surface area contributed by atoms with Crippen LogP contribution in [-0.2, 0) is 0 Å². The molecule has 2 N–H and O–H groups in total. The van der Waals surface area contributed by atoms with E-state index in [9.17, 15) is 4.79 Å². The first kappa shape index (κ1) is 13.8. The van der Waals surface area contributed by atoms with Gasteiger partial charge in [-0.05, 0) is 24.3 Å². The van der Waals surface area contributed by atoms with Crippen molar-refractivity contribution in [2.75, 3.05) is 11.9 Å². The summed E-state index contributed by atoms with van der Waals surface area (Å²) in [6.45, 7) is 1.68. The fourth-order valence-electron chi connectivity index (χ4n) is 1.44. The summed E-state index contributed by atoms with van der Waals surface area (Å²) in [5.74, 6) is 5.74. The number of aryl methyl sites for hydroxylation is 1. The molecule has 1 heterocycles. The smallest absolute Gasteiger partial charge is 0.322 e. The van der Waals surface area contributed by atoms with E-state index in [-0.39, 0.29) is 18.5 Å². The highest BCUT2D eigenvalue weighted by atomic mass is 16.4. The predicted octanol–water partition coefficient (Wildman–Crippen LogP) is 1.36. The molecule has 0 saturated carbocycles. The summed E-state index contributed by atoms with van der Waals surface area (Å²) in [4.78, 5) is 11.9. The summed E-state index contributed by atoms with van der Waals surface area (Å²) >= 11 is 0. The van der Waals surface area contributed by atoms with Gasteiger partial charge in [-0.3, -0.25) is 10.1 Å². The third kappa shape index (κ3) is 3.67. The highest BCUT2D eigenvalue weighted by molar-refractivity contribution is 6.03. The van der Waals surface area contributed by atoms with Crippen molar-refractivity contribution in [2.45, 2.75) is 13.3 Å². The van der Waals surface area contributed by atoms with Gasteiger partial charge in [-0.25, -0.2) is 0 Å². The van der Waals surface area contributed by atoms with Crippen LogP contribution >= 0.6 is 0 Å². The second-order valence-electron chi connectivity index (χ2n) is 3.93. The molecule has 0 unspecified atom stereocenters. The van der Waals surface area contributed by atoms with Crippen molar-refractivity contribution in [1.29, 1.82) is 0 Å². The Hall–Kier alpha value is -2.65. The summed E-state index contributed by atoms with van der Waals surface area (Å²) in [5, 5.41) is 18.4. The molecule has 0 atom stereocenters. The maximum Gasteiger partial charge on any atom is 0.322 e. The Morgan fingerprint density at radius 2 is 2.10 bits per heavy atom. The first-order valence-corrected chi connectivity index (χ1v) is 6.00. The highest BCUT2D eigenvalue weighted by Gasteiger charge is 2.09. The van der Waals surface area contributed by atoms with Crippen molar-refractivity contribution in [1.82, 2.24) is 10.2 Å². The third-order valence-electron chi connectivity index (χ3n) is 2.36. The van der Waals surface area contributed by atoms with Crippen molar-refractivity contribution >= 4 is 11.9 Å². The van der Waals surface area contributed by atoms with Gasteiger partial charge in [0.05, 0.1) is 6.61 Å². The minimum atomic E-state index is -0.330. The number of amides is 1. The van der Waals surface area contributed by atoms with Gasteiger partial charge < -0.3 is 9.52 Å². The van der Waals surface area contributed by atoms with Crippen LogP contribution in [0.4, 0.5) is 6.01 Å². The molecule has 0 radical (unpaired) electrons. The number of aliphatic hydroxyl groups is 1. The number of rotatable bonds is 3. The Morgan fingerprint density at radius 3 is 2.70 bits per heavy atom. The number of nitrogens with one attached hydrogen (secondary N) is 1. The number of hydrogen-bond donors (Lipinski definition) is 2. The summed E-state index contributed by atoms with van der Waals surface area (Å²) in [6, 6.07) is 6.85. The number of hydrogen-bond acceptors (Lipinski definition) is 5. The van der Waals surface area contributed by atoms with E-state index in [2.05, 4.69) is 27.4 Å². The lowest BCUT2D eigenvalue weighted by Gasteiger charge is -2.00. The molecule has 0 aliphatic rings. The van der Waals surface area contributed by atoms with Crippen molar-refractivity contribution in [2.24, 2.45) is 0 Å². The summed E-state index contributed by atoms with van der Waals surface area (Å²) in [7, 11) is 0. The van der Waals surface area contributed by atoms with Crippen molar-refractivity contribution in [3.8, 4) is 11.8 Å². The molecule has 1 amide bonds. The quantitative estimate of drug-likeness (QED) is 0.823. The van der Waals surface area contributed by atoms with Crippen LogP contribution in [0.25, 0.3) is 0 Å². The van der Waals surface area contributed by atoms with Crippen molar-refractivity contribution in [3.05, 3.63) is 41.3 Å². The molecule has 2 rings (SSSR count). The molecule has 0 saturated heterocycles. The van der Waals surface area contributed by atoms with E-state index in [0.717, 1.165) is 5.56 Å². The number of anilines is 1. The topological polar surface area (TPSA) is 88.2 Å². The Kier molecular flexibility index (Phi) is 4.47. The van der Waals surface area contributed by atoms with Crippen LogP contribution in [0.3, 0.4) is 0 Å². The lowest BCUT2D eigenvalue weighted by atomic mass is 10.1. The fourth-order valence-corrected chi connectivity index (χ4v) is 1.44. The lowest BCUT2D eigenvalue weighted by molar-refractivity contribution is 0.102. The molecule has 1 aromatic carbocycles. The summed E-state index contributed by atoms with van der Waals surface area (Å²) in [6.07, 6.45) is 0.429. The first-order chi connectivity index (χ1) is 9.69. The Balaban J connectivity index is 2.02. The largest absolute Gasteiger partial charge is 0.408 e. The fraction of sp³-hybridized carbons (Fsp3) is 0.214. The molecule has 0 fully saturated rings. The van der Waals surface area contributed by atoms with Crippen molar-refractivity contribution in [3.63, 3.8) is 0 Å². The summed E-state index contributed by atoms with van der Waals surface area (Å²) < 4.78 is 5.06. The number of carbonyl (C=O) groups is 1. The van der Waals surface area contributed by atoms with Gasteiger partial charge in [-0.15, -0.1) is 5.10 Å². The van der Waals surface area contributed by atoms with Gasteiger partial charge in [0.15, 0.2) is 0 Å². The summed E-state index contributed by atoms with van der Waals surface area (Å²) in [5.41, 5.74) is 1.25. The standard InChI is InChI=1S/C14H13N3O3/c1-10-16-17-14(20-10)15-13(19)12-7-5-11(6-8-12)4-2-3-9-18/h5-8,18H,3,9H2,1H3,(H,15,17,19). The highest BCUT2D eigenvalue weighted by Crippen LogP contribution is 2.08. The number of aliphatic hydroxyl groups excluding tert-OH is 1. The van der Waals surface area contributed by atoms with E-state index in [1.54, 1.807) is 31.2 Å². The molecule has 0 aliphatic heterocycles. The SMILES string of the molecule is Cc1nnc(NC(=O)c2ccc(C#CCCO)cc2)o1. The van der Waals surface area contributed by atoms with Crippen LogP contribution in [0.1, 0.15) is 28.2 Å². The minimum Gasteiger partial charge on any atom is -0.408 e. The minimum absolute atomic E-state index is 0.0388. The van der Waals surface area contributed by atoms with E-state index in [1.165, 1.54) is 0 Å². The Bertz CT molecular complexity index is 650. The maximum absolute atomic E-state index is 11.9. The number of nitrogens with zero attached hydrogens (tertiary/aromatic N) is 2. The molecule has 2 aromatic rings. The van der Waals surface area contributed by atoms with E-state index in [1.807, 2.05) is 0 Å². The Morgan fingerprint density at radius 1 is 1.35 bits per heavy atom. The zero-order valence-electron chi connectivity index (χ0n) is 10.9. The van der Waals surface area contributed by atoms with E-state index >= 15 is 0 Å². The number of benzene rings is 1. The van der Waals surface area contributed by atoms with Gasteiger partial charge in [-0.1, -0.05) is 16.9 Å². The molecule has 6 nitrogen and oxygen atoms in total. The van der Waals surface area contributed by atoms with E-state index in [0.29, 0.717) is 17.9 Å². The van der Waals surface area contributed by atoms with Gasteiger partial charge >= 0.3 is 6.01 Å². The van der Waals surface area contributed by atoms with Crippen LogP contribution in [0.5, 0.6) is 0 Å². The monoisotopic (exact) mass is 271 g/mol. The van der Waals surface area contributed by atoms with Crippen LogP contribution < -0.4 is 5.32 Å². The zero-order valence-corrected chi connectivity index (χ0v) is 10.9. The Labute approximate surface area is 115 Å². The maximum atomic E-state index is 11.9. The molecule has 6 heteroatoms. The van der Waals surface area contributed by atoms with Gasteiger partial charge in [0, 0.05) is 24.5 Å². The molecular formula is C14H13N3O3.